The lowest BCUT2D eigenvalue weighted by Crippen LogP contribution is -2.31. The zero-order valence-electron chi connectivity index (χ0n) is 12.2. The number of benzene rings is 1. The number of aromatic nitrogens is 2. The summed E-state index contributed by atoms with van der Waals surface area (Å²) in [5.41, 5.74) is 6.63. The van der Waals surface area contributed by atoms with Crippen molar-refractivity contribution in [1.82, 2.24) is 9.97 Å². The SMILES string of the molecule is COc1ccc2nc(C(C(N)=O)C(=O)OCC3CC3)[nH]c2c1. The second-order valence-corrected chi connectivity index (χ2v) is 5.41. The predicted octanol–water partition coefficient (Wildman–Crippen LogP) is 1.09. The Morgan fingerprint density at radius 3 is 2.86 bits per heavy atom. The van der Waals surface area contributed by atoms with Crippen LogP contribution in [-0.2, 0) is 14.3 Å². The minimum Gasteiger partial charge on any atom is -0.497 e. The molecule has 3 N–H and O–H groups in total. The van der Waals surface area contributed by atoms with Gasteiger partial charge in [-0.3, -0.25) is 9.59 Å². The molecule has 1 aliphatic carbocycles. The first-order valence-corrected chi connectivity index (χ1v) is 7.08. The van der Waals surface area contributed by atoms with Gasteiger partial charge in [-0.1, -0.05) is 0 Å². The van der Waals surface area contributed by atoms with Gasteiger partial charge in [-0.05, 0) is 30.9 Å². The normalized spacial score (nSPS) is 15.5. The highest BCUT2D eigenvalue weighted by molar-refractivity contribution is 6.02. The van der Waals surface area contributed by atoms with E-state index in [1.54, 1.807) is 25.3 Å². The number of aromatic amines is 1. The van der Waals surface area contributed by atoms with Gasteiger partial charge in [0.15, 0.2) is 5.92 Å². The summed E-state index contributed by atoms with van der Waals surface area (Å²) in [5, 5.41) is 0. The minimum atomic E-state index is -1.22. The third-order valence-electron chi connectivity index (χ3n) is 3.66. The van der Waals surface area contributed by atoms with Gasteiger partial charge in [-0.15, -0.1) is 0 Å². The minimum absolute atomic E-state index is 0.191. The molecule has 1 aliphatic rings. The molecule has 1 saturated carbocycles. The van der Waals surface area contributed by atoms with Crippen molar-refractivity contribution >= 4 is 22.9 Å². The highest BCUT2D eigenvalue weighted by Gasteiger charge is 2.33. The average molecular weight is 303 g/mol. The number of nitrogens with two attached hydrogens (primary N) is 1. The third kappa shape index (κ3) is 2.88. The molecule has 2 aromatic rings. The van der Waals surface area contributed by atoms with Crippen LogP contribution in [0.2, 0.25) is 0 Å². The molecule has 22 heavy (non-hydrogen) atoms. The number of esters is 1. The van der Waals surface area contributed by atoms with Crippen LogP contribution in [0.25, 0.3) is 11.0 Å². The van der Waals surface area contributed by atoms with E-state index < -0.39 is 17.8 Å². The number of amides is 1. The summed E-state index contributed by atoms with van der Waals surface area (Å²) in [6, 6.07) is 5.22. The maximum absolute atomic E-state index is 12.1. The third-order valence-corrected chi connectivity index (χ3v) is 3.66. The molecule has 0 bridgehead atoms. The van der Waals surface area contributed by atoms with Crippen LogP contribution in [0.1, 0.15) is 24.6 Å². The fourth-order valence-electron chi connectivity index (χ4n) is 2.20. The molecule has 1 heterocycles. The highest BCUT2D eigenvalue weighted by atomic mass is 16.5. The number of imidazole rings is 1. The van der Waals surface area contributed by atoms with Crippen LogP contribution in [0, 0.1) is 5.92 Å². The average Bonchev–Trinajstić information content (AvgIpc) is 3.23. The molecule has 1 amide bonds. The zero-order chi connectivity index (χ0) is 15.7. The van der Waals surface area contributed by atoms with E-state index in [0.717, 1.165) is 12.8 Å². The fraction of sp³-hybridized carbons (Fsp3) is 0.400. The summed E-state index contributed by atoms with van der Waals surface area (Å²) in [6.45, 7) is 0.330. The van der Waals surface area contributed by atoms with Crippen molar-refractivity contribution in [3.05, 3.63) is 24.0 Å². The Bertz CT molecular complexity index is 721. The molecular formula is C15H17N3O4. The first-order chi connectivity index (χ1) is 10.6. The molecule has 0 saturated heterocycles. The van der Waals surface area contributed by atoms with E-state index >= 15 is 0 Å². The molecule has 1 aromatic carbocycles. The molecule has 116 valence electrons. The second-order valence-electron chi connectivity index (χ2n) is 5.41. The number of carbonyl (C=O) groups is 2. The molecule has 7 heteroatoms. The molecule has 1 unspecified atom stereocenters. The number of H-pyrrole nitrogens is 1. The van der Waals surface area contributed by atoms with Crippen LogP contribution >= 0.6 is 0 Å². The van der Waals surface area contributed by atoms with Gasteiger partial charge in [0.25, 0.3) is 0 Å². The lowest BCUT2D eigenvalue weighted by atomic mass is 10.1. The van der Waals surface area contributed by atoms with Crippen LogP contribution in [0.5, 0.6) is 5.75 Å². The number of ether oxygens (including phenoxy) is 2. The number of nitrogens with one attached hydrogen (secondary N) is 1. The fourth-order valence-corrected chi connectivity index (χ4v) is 2.20. The molecule has 7 nitrogen and oxygen atoms in total. The predicted molar refractivity (Wildman–Crippen MR) is 78.3 cm³/mol. The van der Waals surface area contributed by atoms with Crippen molar-refractivity contribution in [1.29, 1.82) is 0 Å². The number of hydrogen-bond donors (Lipinski definition) is 2. The van der Waals surface area contributed by atoms with E-state index in [9.17, 15) is 9.59 Å². The maximum Gasteiger partial charge on any atom is 0.326 e. The van der Waals surface area contributed by atoms with Crippen molar-refractivity contribution < 1.29 is 19.1 Å². The van der Waals surface area contributed by atoms with Gasteiger partial charge in [0.2, 0.25) is 5.91 Å². The maximum atomic E-state index is 12.1. The molecule has 0 radical (unpaired) electrons. The van der Waals surface area contributed by atoms with E-state index in [1.165, 1.54) is 0 Å². The summed E-state index contributed by atoms with van der Waals surface area (Å²) in [5.74, 6) is -1.42. The van der Waals surface area contributed by atoms with Gasteiger partial charge < -0.3 is 20.2 Å². The van der Waals surface area contributed by atoms with Gasteiger partial charge in [0, 0.05) is 6.07 Å². The van der Waals surface area contributed by atoms with Gasteiger partial charge in [-0.25, -0.2) is 4.98 Å². The van der Waals surface area contributed by atoms with Gasteiger partial charge in [0.1, 0.15) is 11.6 Å². The van der Waals surface area contributed by atoms with Crippen molar-refractivity contribution in [3.8, 4) is 5.75 Å². The molecular weight excluding hydrogens is 286 g/mol. The summed E-state index contributed by atoms with van der Waals surface area (Å²) < 4.78 is 10.3. The van der Waals surface area contributed by atoms with E-state index in [4.69, 9.17) is 15.2 Å². The highest BCUT2D eigenvalue weighted by Crippen LogP contribution is 2.29. The summed E-state index contributed by atoms with van der Waals surface area (Å²) >= 11 is 0. The Hall–Kier alpha value is -2.57. The largest absolute Gasteiger partial charge is 0.497 e. The topological polar surface area (TPSA) is 107 Å². The Kier molecular flexibility index (Phi) is 3.70. The number of carbonyl (C=O) groups excluding carboxylic acids is 2. The van der Waals surface area contributed by atoms with Crippen molar-refractivity contribution in [2.24, 2.45) is 11.7 Å². The molecule has 1 atom stereocenters. The van der Waals surface area contributed by atoms with Crippen molar-refractivity contribution in [2.75, 3.05) is 13.7 Å². The van der Waals surface area contributed by atoms with Gasteiger partial charge in [-0.2, -0.15) is 0 Å². The van der Waals surface area contributed by atoms with E-state index in [0.29, 0.717) is 29.3 Å². The Balaban J connectivity index is 1.86. The number of rotatable bonds is 6. The first-order valence-electron chi connectivity index (χ1n) is 7.08. The monoisotopic (exact) mass is 303 g/mol. The lowest BCUT2D eigenvalue weighted by Gasteiger charge is -2.10. The molecule has 1 fully saturated rings. The summed E-state index contributed by atoms with van der Waals surface area (Å²) in [4.78, 5) is 31.0. The van der Waals surface area contributed by atoms with E-state index in [-0.39, 0.29) is 5.82 Å². The Labute approximate surface area is 126 Å². The first kappa shape index (κ1) is 14.4. The number of methoxy groups -OCH3 is 1. The Morgan fingerprint density at radius 1 is 1.45 bits per heavy atom. The van der Waals surface area contributed by atoms with Crippen molar-refractivity contribution in [3.63, 3.8) is 0 Å². The second kappa shape index (κ2) is 5.67. The van der Waals surface area contributed by atoms with Crippen LogP contribution in [0.3, 0.4) is 0 Å². The van der Waals surface area contributed by atoms with Crippen LogP contribution in [-0.4, -0.2) is 35.6 Å². The van der Waals surface area contributed by atoms with E-state index in [2.05, 4.69) is 9.97 Å². The number of fused-ring (bicyclic) bond motifs is 1. The molecule has 1 aromatic heterocycles. The van der Waals surface area contributed by atoms with E-state index in [1.807, 2.05) is 0 Å². The molecule has 0 aliphatic heterocycles. The Morgan fingerprint density at radius 2 is 2.23 bits per heavy atom. The quantitative estimate of drug-likeness (QED) is 0.613. The number of hydrogen-bond acceptors (Lipinski definition) is 5. The summed E-state index contributed by atoms with van der Waals surface area (Å²) in [6.07, 6.45) is 2.11. The summed E-state index contributed by atoms with van der Waals surface area (Å²) in [7, 11) is 1.56. The van der Waals surface area contributed by atoms with Crippen LogP contribution in [0.15, 0.2) is 18.2 Å². The van der Waals surface area contributed by atoms with Crippen LogP contribution in [0.4, 0.5) is 0 Å². The number of primary amides is 1. The van der Waals surface area contributed by atoms with Gasteiger partial charge in [0.05, 0.1) is 24.8 Å². The standard InChI is InChI=1S/C15H17N3O4/c1-21-9-4-5-10-11(6-9)18-14(17-10)12(13(16)19)15(20)22-7-8-2-3-8/h4-6,8,12H,2-3,7H2,1H3,(H2,16,19)(H,17,18). The van der Waals surface area contributed by atoms with Crippen LogP contribution < -0.4 is 10.5 Å². The molecule has 3 rings (SSSR count). The van der Waals surface area contributed by atoms with Gasteiger partial charge >= 0.3 is 5.97 Å². The molecule has 0 spiro atoms. The lowest BCUT2D eigenvalue weighted by molar-refractivity contribution is -0.148. The zero-order valence-corrected chi connectivity index (χ0v) is 12.2. The smallest absolute Gasteiger partial charge is 0.326 e. The van der Waals surface area contributed by atoms with Crippen molar-refractivity contribution in [2.45, 2.75) is 18.8 Å². The number of nitrogens with zero attached hydrogens (tertiary/aromatic N) is 1.